The Bertz CT molecular complexity index is 1020. The number of rotatable bonds is 14. The summed E-state index contributed by atoms with van der Waals surface area (Å²) in [6, 6.07) is -3.65. The molecule has 0 aromatic heterocycles. The van der Waals surface area contributed by atoms with Crippen molar-refractivity contribution in [2.24, 2.45) is 11.5 Å². The van der Waals surface area contributed by atoms with Crippen molar-refractivity contribution in [3.63, 3.8) is 0 Å². The van der Waals surface area contributed by atoms with Gasteiger partial charge in [0.1, 0.15) is 72.8 Å². The van der Waals surface area contributed by atoms with E-state index in [9.17, 15) is 40.1 Å². The van der Waals surface area contributed by atoms with E-state index in [1.807, 2.05) is 0 Å². The Hall–Kier alpha value is -1.73. The zero-order chi connectivity index (χ0) is 35.2. The first-order valence-corrected chi connectivity index (χ1v) is 15.5. The van der Waals surface area contributed by atoms with Crippen molar-refractivity contribution in [3.8, 4) is 0 Å². The lowest BCUT2D eigenvalue weighted by molar-refractivity contribution is -0.307. The second kappa shape index (κ2) is 17.3. The van der Waals surface area contributed by atoms with E-state index in [2.05, 4.69) is 16.0 Å². The average molecular weight is 686 g/mol. The molecule has 0 spiro atoms. The number of likely N-dealkylation sites (N-methyl/N-ethyl adjacent to an activating group) is 1. The fourth-order valence-electron chi connectivity index (χ4n) is 6.03. The molecule has 2 saturated heterocycles. The van der Waals surface area contributed by atoms with Crippen molar-refractivity contribution < 1.29 is 64.2 Å². The largest absolute Gasteiger partial charge is 0.394 e. The highest BCUT2D eigenvalue weighted by molar-refractivity contribution is 5.84. The summed E-state index contributed by atoms with van der Waals surface area (Å²) >= 11 is 0. The van der Waals surface area contributed by atoms with Crippen LogP contribution in [0, 0.1) is 10.8 Å². The fourth-order valence-corrected chi connectivity index (χ4v) is 6.03. The molecule has 0 bridgehead atoms. The zero-order valence-electron chi connectivity index (χ0n) is 26.4. The van der Waals surface area contributed by atoms with E-state index in [0.29, 0.717) is 12.8 Å². The first-order valence-electron chi connectivity index (χ1n) is 15.5. The molecule has 1 aliphatic carbocycles. The van der Waals surface area contributed by atoms with Crippen LogP contribution in [-0.4, -0.2) is 183 Å². The van der Waals surface area contributed by atoms with E-state index < -0.39 is 116 Å². The van der Waals surface area contributed by atoms with E-state index in [-0.39, 0.29) is 25.4 Å². The molecule has 0 aromatic carbocycles. The number of nitrogens with two attached hydrogens (primary N) is 2. The molecule has 47 heavy (non-hydrogen) atoms. The summed E-state index contributed by atoms with van der Waals surface area (Å²) in [5.74, 6) is -1.08. The monoisotopic (exact) mass is 685 g/mol. The summed E-state index contributed by atoms with van der Waals surface area (Å²) in [4.78, 5) is 0. The summed E-state index contributed by atoms with van der Waals surface area (Å²) < 4.78 is 36.4. The molecule has 2 aliphatic heterocycles. The van der Waals surface area contributed by atoms with E-state index in [4.69, 9.17) is 46.3 Å². The van der Waals surface area contributed by atoms with Crippen LogP contribution in [0.1, 0.15) is 26.2 Å². The predicted molar refractivity (Wildman–Crippen MR) is 161 cm³/mol. The summed E-state index contributed by atoms with van der Waals surface area (Å²) in [5, 5.41) is 107. The third-order valence-electron chi connectivity index (χ3n) is 8.81. The Labute approximate surface area is 271 Å². The standard InChI is InChI=1S/C27H52FN7O12/c1-27(43)9-44-26(20(42)23(27)33-2)47-22-13(35-24(32)18(40)17(39)16(38)14(37)8-36)5-12(30)21(19(22)41)46-25-11(29)4-3-10(45-25)7-34-15(31)6-28/h10-14,16-23,25-26,33,36-43H,3-9,29-30H2,1-2H3,(H2,31,34)(H2,32,35)/t10-,11?,12-,13+,14?,16?,17?,18?,19?,20?,21?,22?,23+,25+,26+,27?/m0/s1. The van der Waals surface area contributed by atoms with E-state index in [1.54, 1.807) is 0 Å². The van der Waals surface area contributed by atoms with Gasteiger partial charge in [-0.05, 0) is 33.2 Å². The number of halogens is 1. The van der Waals surface area contributed by atoms with E-state index >= 15 is 0 Å². The lowest BCUT2D eigenvalue weighted by atomic mass is 9.83. The number of hydrogen-bond acceptors (Lipinski definition) is 17. The van der Waals surface area contributed by atoms with Gasteiger partial charge in [0.15, 0.2) is 12.6 Å². The molecular formula is C27H52FN7O12. The third kappa shape index (κ3) is 9.71. The molecule has 3 aliphatic rings. The molecule has 274 valence electrons. The molecule has 3 rings (SSSR count). The molecule has 0 amide bonds. The Morgan fingerprint density at radius 1 is 1.02 bits per heavy atom. The predicted octanol–water partition coefficient (Wildman–Crippen LogP) is -6.35. The second-order valence-electron chi connectivity index (χ2n) is 12.6. The molecule has 1 saturated carbocycles. The van der Waals surface area contributed by atoms with Crippen LogP contribution in [0.25, 0.3) is 0 Å². The smallest absolute Gasteiger partial charge is 0.185 e. The Kier molecular flexibility index (Phi) is 14.6. The van der Waals surface area contributed by atoms with Gasteiger partial charge in [0, 0.05) is 12.6 Å². The van der Waals surface area contributed by atoms with Gasteiger partial charge in [-0.15, -0.1) is 0 Å². The van der Waals surface area contributed by atoms with Gasteiger partial charge in [0.2, 0.25) is 0 Å². The highest BCUT2D eigenvalue weighted by atomic mass is 19.1. The molecule has 20 heteroatoms. The first kappa shape index (κ1) is 39.7. The summed E-state index contributed by atoms with van der Waals surface area (Å²) in [6.07, 6.45) is -15.9. The number of amidine groups is 2. The fraction of sp³-hybridized carbons (Fsp3) is 0.926. The van der Waals surface area contributed by atoms with Gasteiger partial charge in [-0.3, -0.25) is 10.8 Å². The molecule has 16 atom stereocenters. The maximum Gasteiger partial charge on any atom is 0.185 e. The number of nitrogens with one attached hydrogen (secondary N) is 5. The Morgan fingerprint density at radius 2 is 1.68 bits per heavy atom. The van der Waals surface area contributed by atoms with Crippen LogP contribution in [-0.2, 0) is 18.9 Å². The van der Waals surface area contributed by atoms with Gasteiger partial charge in [0.05, 0.1) is 37.4 Å². The lowest BCUT2D eigenvalue weighted by Gasteiger charge is -2.49. The molecule has 10 unspecified atom stereocenters. The molecular weight excluding hydrogens is 633 g/mol. The van der Waals surface area contributed by atoms with Crippen LogP contribution >= 0.6 is 0 Å². The number of ether oxygens (including phenoxy) is 4. The van der Waals surface area contributed by atoms with Crippen LogP contribution in [0.2, 0.25) is 0 Å². The van der Waals surface area contributed by atoms with Crippen molar-refractivity contribution in [2.75, 3.05) is 33.5 Å². The number of alkyl halides is 1. The third-order valence-corrected chi connectivity index (χ3v) is 8.81. The molecule has 2 heterocycles. The lowest BCUT2D eigenvalue weighted by Crippen LogP contribution is -2.69. The van der Waals surface area contributed by atoms with Crippen molar-refractivity contribution in [1.29, 1.82) is 10.8 Å². The maximum atomic E-state index is 12.7. The summed E-state index contributed by atoms with van der Waals surface area (Å²) in [5.41, 5.74) is 11.2. The van der Waals surface area contributed by atoms with Crippen LogP contribution in [0.4, 0.5) is 4.39 Å². The van der Waals surface area contributed by atoms with Crippen molar-refractivity contribution >= 4 is 11.7 Å². The van der Waals surface area contributed by atoms with Crippen molar-refractivity contribution in [1.82, 2.24) is 16.0 Å². The molecule has 19 nitrogen and oxygen atoms in total. The van der Waals surface area contributed by atoms with Gasteiger partial charge < -0.3 is 87.2 Å². The van der Waals surface area contributed by atoms with Gasteiger partial charge in [0.25, 0.3) is 0 Å². The van der Waals surface area contributed by atoms with Crippen LogP contribution in [0.3, 0.4) is 0 Å². The van der Waals surface area contributed by atoms with E-state index in [1.165, 1.54) is 14.0 Å². The SMILES string of the molecule is CN[C@@H]1C(O)[C@@H](OC2C(O)C(O[C@H]3O[C@H](CNC(=N)CF)CCC3N)[C@@H](N)C[C@H]2NC(=N)C(O)C(O)C(O)C(O)CO)OCC1(C)O. The Morgan fingerprint density at radius 3 is 2.30 bits per heavy atom. The van der Waals surface area contributed by atoms with Gasteiger partial charge in [-0.1, -0.05) is 0 Å². The first-order chi connectivity index (χ1) is 22.1. The van der Waals surface area contributed by atoms with E-state index in [0.717, 1.165) is 0 Å². The summed E-state index contributed by atoms with van der Waals surface area (Å²) in [6.45, 7) is -0.615. The molecule has 0 aromatic rings. The van der Waals surface area contributed by atoms with Crippen LogP contribution in [0.5, 0.6) is 0 Å². The molecule has 0 radical (unpaired) electrons. The maximum absolute atomic E-state index is 12.7. The summed E-state index contributed by atoms with van der Waals surface area (Å²) in [7, 11) is 1.51. The van der Waals surface area contributed by atoms with Crippen molar-refractivity contribution in [2.45, 2.75) is 123 Å². The minimum Gasteiger partial charge on any atom is -0.394 e. The molecule has 3 fully saturated rings. The zero-order valence-corrected chi connectivity index (χ0v) is 26.4. The topological polar surface area (TPSA) is 335 Å². The van der Waals surface area contributed by atoms with Gasteiger partial charge >= 0.3 is 0 Å². The number of hydrogen-bond donors (Lipinski definition) is 15. The highest BCUT2D eigenvalue weighted by Gasteiger charge is 2.52. The minimum absolute atomic E-state index is 0.101. The van der Waals surface area contributed by atoms with Gasteiger partial charge in [-0.2, -0.15) is 0 Å². The number of aliphatic hydroxyl groups excluding tert-OH is 7. The highest BCUT2D eigenvalue weighted by Crippen LogP contribution is 2.32. The second-order valence-corrected chi connectivity index (χ2v) is 12.6. The quantitative estimate of drug-likeness (QED) is 0.0597. The van der Waals surface area contributed by atoms with Crippen molar-refractivity contribution in [3.05, 3.63) is 0 Å². The molecule has 17 N–H and O–H groups in total. The number of aliphatic hydroxyl groups is 8. The van der Waals surface area contributed by atoms with Gasteiger partial charge in [-0.25, -0.2) is 4.39 Å². The minimum atomic E-state index is -2.10. The van der Waals surface area contributed by atoms with Crippen LogP contribution < -0.4 is 27.4 Å². The van der Waals surface area contributed by atoms with Crippen LogP contribution in [0.15, 0.2) is 0 Å². The normalized spacial score (nSPS) is 40.6. The average Bonchev–Trinajstić information content (AvgIpc) is 3.04. The Balaban J connectivity index is 1.82.